The van der Waals surface area contributed by atoms with Gasteiger partial charge in [-0.15, -0.1) is 30.0 Å². The molecule has 0 atom stereocenters. The zero-order chi connectivity index (χ0) is 40.7. The number of aromatic nitrogens is 6. The lowest BCUT2D eigenvalue weighted by atomic mass is 9.71. The van der Waals surface area contributed by atoms with Crippen LogP contribution in [0.15, 0.2) is 97.1 Å². The van der Waals surface area contributed by atoms with E-state index in [0.717, 1.165) is 67.6 Å². The van der Waals surface area contributed by atoms with Crippen LogP contribution in [0.2, 0.25) is 0 Å². The fraction of sp³-hybridized carbons (Fsp3) is 0.347. The molecule has 8 rings (SSSR count). The van der Waals surface area contributed by atoms with Gasteiger partial charge in [-0.1, -0.05) is 142 Å². The van der Waals surface area contributed by atoms with E-state index in [1.165, 1.54) is 0 Å². The lowest BCUT2D eigenvalue weighted by Gasteiger charge is -2.34. The third-order valence-electron chi connectivity index (χ3n) is 11.2. The predicted molar refractivity (Wildman–Crippen MR) is 233 cm³/mol. The van der Waals surface area contributed by atoms with Gasteiger partial charge in [0.05, 0.1) is 0 Å². The quantitative estimate of drug-likeness (QED) is 0.160. The molecule has 2 heterocycles. The van der Waals surface area contributed by atoms with E-state index in [0.29, 0.717) is 22.5 Å². The fourth-order valence-corrected chi connectivity index (χ4v) is 9.29. The first-order chi connectivity index (χ1) is 26.8. The van der Waals surface area contributed by atoms with Gasteiger partial charge in [0.1, 0.15) is 44.9 Å². The van der Waals surface area contributed by atoms with Gasteiger partial charge in [-0.2, -0.15) is 0 Å². The molecule has 0 aliphatic rings. The van der Waals surface area contributed by atoms with Crippen molar-refractivity contribution in [2.75, 3.05) is 0 Å². The molecule has 0 saturated carbocycles. The van der Waals surface area contributed by atoms with E-state index in [2.05, 4.69) is 118 Å². The molecule has 6 aromatic carbocycles. The smallest absolute Gasteiger partial charge is 0.146 e. The minimum Gasteiger partial charge on any atom is -0.505 e. The molecule has 57 heavy (non-hydrogen) atoms. The van der Waals surface area contributed by atoms with Crippen LogP contribution in [0.1, 0.15) is 104 Å². The Labute approximate surface area is 335 Å². The monoisotopic (exact) mass is 758 g/mol. The Kier molecular flexibility index (Phi) is 8.98. The molecule has 0 bridgehead atoms. The van der Waals surface area contributed by atoms with Gasteiger partial charge in [0.15, 0.2) is 0 Å². The molecule has 8 aromatic rings. The Hall–Kier alpha value is -5.76. The first kappa shape index (κ1) is 38.1. The topological polar surface area (TPSA) is 102 Å². The van der Waals surface area contributed by atoms with Crippen molar-refractivity contribution in [2.45, 2.75) is 99.3 Å². The van der Waals surface area contributed by atoms with Crippen LogP contribution in [0.25, 0.3) is 55.0 Å². The van der Waals surface area contributed by atoms with Crippen molar-refractivity contribution < 1.29 is 10.2 Å². The van der Waals surface area contributed by atoms with Crippen molar-refractivity contribution in [1.29, 1.82) is 0 Å². The van der Waals surface area contributed by atoms with E-state index in [9.17, 15) is 10.2 Å². The molecule has 0 aliphatic heterocycles. The van der Waals surface area contributed by atoms with Gasteiger partial charge >= 0.3 is 0 Å². The molecule has 2 N–H and O–H groups in total. The van der Waals surface area contributed by atoms with Crippen molar-refractivity contribution in [2.24, 2.45) is 10.8 Å². The van der Waals surface area contributed by atoms with Crippen LogP contribution in [0.5, 0.6) is 11.5 Å². The molecule has 0 amide bonds. The van der Waals surface area contributed by atoms with Crippen LogP contribution >= 0.6 is 0 Å². The average Bonchev–Trinajstić information content (AvgIpc) is 3.76. The van der Waals surface area contributed by atoms with Crippen LogP contribution in [-0.4, -0.2) is 40.2 Å². The van der Waals surface area contributed by atoms with Gasteiger partial charge in [-0.05, 0) is 80.7 Å². The summed E-state index contributed by atoms with van der Waals surface area (Å²) in [4.78, 5) is 3.15. The summed E-state index contributed by atoms with van der Waals surface area (Å²) in [6, 6.07) is 32.6. The SMILES string of the molecule is CC(C)(C)CC(C)(C)c1cc(Cc2cc(C(C)(C)CC(C)(C)C)cc(-n3nc4ccc5ccccc5c4n3)c2O)c(O)c(-n2nc3ccc4ccccc4c3n2)c1. The minimum atomic E-state index is -0.264. The van der Waals surface area contributed by atoms with Crippen LogP contribution < -0.4 is 0 Å². The fourth-order valence-electron chi connectivity index (χ4n) is 9.29. The molecule has 0 unspecified atom stereocenters. The second-order valence-electron chi connectivity index (χ2n) is 19.7. The highest BCUT2D eigenvalue weighted by Crippen LogP contribution is 2.44. The number of hydrogen-bond acceptors (Lipinski definition) is 6. The van der Waals surface area contributed by atoms with Gasteiger partial charge in [0, 0.05) is 28.3 Å². The predicted octanol–water partition coefficient (Wildman–Crippen LogP) is 11.9. The molecule has 0 aliphatic carbocycles. The number of benzene rings is 6. The van der Waals surface area contributed by atoms with E-state index in [1.807, 2.05) is 48.5 Å². The van der Waals surface area contributed by atoms with Crippen LogP contribution in [-0.2, 0) is 17.3 Å². The summed E-state index contributed by atoms with van der Waals surface area (Å²) < 4.78 is 0. The Morgan fingerprint density at radius 3 is 1.25 bits per heavy atom. The Morgan fingerprint density at radius 2 is 0.860 bits per heavy atom. The summed E-state index contributed by atoms with van der Waals surface area (Å²) in [5, 5.41) is 48.6. The van der Waals surface area contributed by atoms with Crippen LogP contribution in [0, 0.1) is 10.8 Å². The van der Waals surface area contributed by atoms with E-state index in [-0.39, 0.29) is 39.6 Å². The maximum Gasteiger partial charge on any atom is 0.146 e. The van der Waals surface area contributed by atoms with Crippen molar-refractivity contribution in [1.82, 2.24) is 30.0 Å². The normalized spacial score (nSPS) is 13.1. The zero-order valence-electron chi connectivity index (χ0n) is 34.9. The Morgan fingerprint density at radius 1 is 0.474 bits per heavy atom. The average molecular weight is 759 g/mol. The van der Waals surface area contributed by atoms with Crippen LogP contribution in [0.4, 0.5) is 0 Å². The number of rotatable bonds is 8. The summed E-state index contributed by atoms with van der Waals surface area (Å²) in [5.74, 6) is 0.147. The highest BCUT2D eigenvalue weighted by Gasteiger charge is 2.32. The number of phenols is 2. The molecular formula is C49H54N6O2. The molecule has 2 aromatic heterocycles. The second-order valence-corrected chi connectivity index (χ2v) is 19.7. The molecule has 0 saturated heterocycles. The first-order valence-electron chi connectivity index (χ1n) is 20.0. The number of aromatic hydroxyl groups is 2. The van der Waals surface area contributed by atoms with E-state index < -0.39 is 0 Å². The number of phenolic OH excluding ortho intramolecular Hbond substituents is 2. The van der Waals surface area contributed by atoms with E-state index >= 15 is 0 Å². The molecule has 0 radical (unpaired) electrons. The Bertz CT molecular complexity index is 2640. The lowest BCUT2D eigenvalue weighted by molar-refractivity contribution is 0.283. The third-order valence-corrected chi connectivity index (χ3v) is 11.2. The summed E-state index contributed by atoms with van der Waals surface area (Å²) in [7, 11) is 0. The number of hydrogen-bond donors (Lipinski definition) is 2. The van der Waals surface area contributed by atoms with E-state index in [1.54, 1.807) is 9.59 Å². The van der Waals surface area contributed by atoms with Crippen molar-refractivity contribution in [3.8, 4) is 22.9 Å². The van der Waals surface area contributed by atoms with Gasteiger partial charge in [0.2, 0.25) is 0 Å². The Balaban J connectivity index is 1.33. The summed E-state index contributed by atoms with van der Waals surface area (Å²) in [6.07, 6.45) is 2.06. The van der Waals surface area contributed by atoms with Crippen molar-refractivity contribution in [3.63, 3.8) is 0 Å². The first-order valence-corrected chi connectivity index (χ1v) is 20.0. The summed E-state index contributed by atoms with van der Waals surface area (Å²) in [5.41, 5.74) is 7.07. The highest BCUT2D eigenvalue weighted by atomic mass is 16.3. The molecule has 0 fully saturated rings. The van der Waals surface area contributed by atoms with Gasteiger partial charge in [-0.25, -0.2) is 0 Å². The molecule has 8 nitrogen and oxygen atoms in total. The van der Waals surface area contributed by atoms with E-state index in [4.69, 9.17) is 20.4 Å². The molecule has 0 spiro atoms. The molecule has 8 heteroatoms. The van der Waals surface area contributed by atoms with Crippen LogP contribution in [0.3, 0.4) is 0 Å². The lowest BCUT2D eigenvalue weighted by Crippen LogP contribution is -2.25. The van der Waals surface area contributed by atoms with Crippen molar-refractivity contribution >= 4 is 43.6 Å². The van der Waals surface area contributed by atoms with Gasteiger partial charge in [-0.3, -0.25) is 0 Å². The number of fused-ring (bicyclic) bond motifs is 6. The maximum atomic E-state index is 12.3. The third kappa shape index (κ3) is 7.34. The summed E-state index contributed by atoms with van der Waals surface area (Å²) >= 11 is 0. The number of nitrogens with zero attached hydrogens (tertiary/aromatic N) is 6. The largest absolute Gasteiger partial charge is 0.505 e. The van der Waals surface area contributed by atoms with Crippen molar-refractivity contribution in [3.05, 3.63) is 119 Å². The van der Waals surface area contributed by atoms with Gasteiger partial charge in [0.25, 0.3) is 0 Å². The molecular weight excluding hydrogens is 705 g/mol. The minimum absolute atomic E-state index is 0.0467. The van der Waals surface area contributed by atoms with Gasteiger partial charge < -0.3 is 10.2 Å². The maximum absolute atomic E-state index is 12.3. The summed E-state index contributed by atoms with van der Waals surface area (Å²) in [6.45, 7) is 22.5. The standard InChI is InChI=1S/C49H54N6O2/c1-46(2,3)28-48(7,8)34-24-32(44(56)40(26-34)54-50-38-21-19-30-15-11-13-17-36(30)42(38)52-54)23-33-25-35(49(9,10)29-47(4,5)6)27-41(45(33)57)55-51-39-22-20-31-16-12-14-18-37(31)43(39)53-55/h11-22,24-27,56-57H,23,28-29H2,1-10H3. The highest BCUT2D eigenvalue weighted by molar-refractivity contribution is 6.04. The molecule has 292 valence electrons. The second kappa shape index (κ2) is 13.4. The zero-order valence-corrected chi connectivity index (χ0v) is 34.9.